The van der Waals surface area contributed by atoms with Gasteiger partial charge in [0.1, 0.15) is 0 Å². The Morgan fingerprint density at radius 2 is 2.00 bits per heavy atom. The van der Waals surface area contributed by atoms with Crippen molar-refractivity contribution in [2.24, 2.45) is 0 Å². The van der Waals surface area contributed by atoms with Gasteiger partial charge in [-0.3, -0.25) is 4.39 Å². The van der Waals surface area contributed by atoms with E-state index >= 15 is 0 Å². The van der Waals surface area contributed by atoms with Gasteiger partial charge in [-0.15, -0.1) is 0 Å². The van der Waals surface area contributed by atoms with Crippen molar-refractivity contribution in [2.45, 2.75) is 19.8 Å². The van der Waals surface area contributed by atoms with Crippen molar-refractivity contribution in [2.75, 3.05) is 6.67 Å². The zero-order valence-corrected chi connectivity index (χ0v) is 3.50. The van der Waals surface area contributed by atoms with Gasteiger partial charge in [-0.25, -0.2) is 0 Å². The number of halogens is 1. The summed E-state index contributed by atoms with van der Waals surface area (Å²) in [7, 11) is 0. The van der Waals surface area contributed by atoms with Crippen molar-refractivity contribution in [1.82, 2.24) is 0 Å². The van der Waals surface area contributed by atoms with Crippen LogP contribution in [0.1, 0.15) is 19.8 Å². The molecule has 0 unspecified atom stereocenters. The molecular weight excluding hydrogens is 90.0 g/mol. The Kier molecular flexibility index (Phi) is 15.6. The summed E-state index contributed by atoms with van der Waals surface area (Å²) in [5.41, 5.74) is 0. The summed E-state index contributed by atoms with van der Waals surface area (Å²) in [6, 6.07) is 0. The van der Waals surface area contributed by atoms with Crippen molar-refractivity contribution >= 4 is 29.6 Å². The molecule has 0 aliphatic rings. The molecule has 0 saturated carbocycles. The normalized spacial score (nSPS) is 7.00. The van der Waals surface area contributed by atoms with Crippen LogP contribution in [0.5, 0.6) is 0 Å². The van der Waals surface area contributed by atoms with Gasteiger partial charge in [0.15, 0.2) is 0 Å². The Balaban J connectivity index is 0. The molecular formula is C4H10FNa. The standard InChI is InChI=1S/C4H9F.Na.H/c1-2-3-4-5;;/h2-4H2,1H3;;. The topological polar surface area (TPSA) is 0 Å². The van der Waals surface area contributed by atoms with Crippen LogP contribution in [0.4, 0.5) is 4.39 Å². The van der Waals surface area contributed by atoms with Crippen LogP contribution in [0.2, 0.25) is 0 Å². The molecule has 0 aromatic rings. The first kappa shape index (κ1) is 10.0. The van der Waals surface area contributed by atoms with Gasteiger partial charge < -0.3 is 0 Å². The summed E-state index contributed by atoms with van der Waals surface area (Å²) in [6.07, 6.45) is 1.69. The van der Waals surface area contributed by atoms with E-state index in [-0.39, 0.29) is 36.2 Å². The molecule has 0 rings (SSSR count). The third kappa shape index (κ3) is 8.87. The summed E-state index contributed by atoms with van der Waals surface area (Å²) >= 11 is 0. The van der Waals surface area contributed by atoms with Crippen LogP contribution in [0, 0.1) is 0 Å². The SMILES string of the molecule is CCCCF.[NaH]. The molecule has 6 heavy (non-hydrogen) atoms. The van der Waals surface area contributed by atoms with Crippen molar-refractivity contribution in [1.29, 1.82) is 0 Å². The third-order valence-electron chi connectivity index (χ3n) is 0.487. The van der Waals surface area contributed by atoms with Gasteiger partial charge in [0, 0.05) is 0 Å². The molecule has 0 aromatic heterocycles. The molecule has 34 valence electrons. The van der Waals surface area contributed by atoms with Gasteiger partial charge in [-0.1, -0.05) is 13.3 Å². The molecule has 0 heterocycles. The Labute approximate surface area is 60.4 Å². The second-order valence-corrected chi connectivity index (χ2v) is 1.04. The van der Waals surface area contributed by atoms with E-state index in [0.717, 1.165) is 12.8 Å². The van der Waals surface area contributed by atoms with E-state index in [9.17, 15) is 4.39 Å². The van der Waals surface area contributed by atoms with Crippen molar-refractivity contribution in [3.63, 3.8) is 0 Å². The summed E-state index contributed by atoms with van der Waals surface area (Å²) in [5, 5.41) is 0. The average molecular weight is 100 g/mol. The van der Waals surface area contributed by atoms with E-state index in [1.807, 2.05) is 6.92 Å². The molecule has 0 aliphatic heterocycles. The summed E-state index contributed by atoms with van der Waals surface area (Å²) in [6.45, 7) is 1.82. The molecule has 0 amide bonds. The molecule has 2 heteroatoms. The quantitative estimate of drug-likeness (QED) is 0.456. The Morgan fingerprint density at radius 3 is 2.00 bits per heavy atom. The van der Waals surface area contributed by atoms with Gasteiger partial charge in [-0.05, 0) is 6.42 Å². The van der Waals surface area contributed by atoms with Crippen LogP contribution >= 0.6 is 0 Å². The zero-order valence-electron chi connectivity index (χ0n) is 3.50. The van der Waals surface area contributed by atoms with Gasteiger partial charge in [-0.2, -0.15) is 0 Å². The predicted octanol–water partition coefficient (Wildman–Crippen LogP) is 1.11. The molecule has 0 saturated heterocycles. The molecule has 0 atom stereocenters. The molecule has 0 nitrogen and oxygen atoms in total. The zero-order chi connectivity index (χ0) is 4.12. The van der Waals surface area contributed by atoms with Crippen molar-refractivity contribution in [3.05, 3.63) is 0 Å². The van der Waals surface area contributed by atoms with Crippen LogP contribution in [-0.4, -0.2) is 36.2 Å². The summed E-state index contributed by atoms with van der Waals surface area (Å²) in [4.78, 5) is 0. The van der Waals surface area contributed by atoms with Gasteiger partial charge >= 0.3 is 29.6 Å². The molecule has 0 spiro atoms. The molecule has 0 fully saturated rings. The van der Waals surface area contributed by atoms with E-state index in [2.05, 4.69) is 0 Å². The van der Waals surface area contributed by atoms with Crippen molar-refractivity contribution in [3.8, 4) is 0 Å². The first-order valence-corrected chi connectivity index (χ1v) is 1.97. The Bertz CT molecular complexity index is 15.0. The minimum atomic E-state index is -0.156. The van der Waals surface area contributed by atoms with Crippen LogP contribution in [0.25, 0.3) is 0 Å². The predicted molar refractivity (Wildman–Crippen MR) is 28.0 cm³/mol. The minimum absolute atomic E-state index is 0. The number of unbranched alkanes of at least 4 members (excludes halogenated alkanes) is 1. The third-order valence-corrected chi connectivity index (χ3v) is 0.487. The molecule has 0 radical (unpaired) electrons. The van der Waals surface area contributed by atoms with E-state index in [0.29, 0.717) is 0 Å². The summed E-state index contributed by atoms with van der Waals surface area (Å²) in [5.74, 6) is 0. The first-order valence-electron chi connectivity index (χ1n) is 1.97. The second-order valence-electron chi connectivity index (χ2n) is 1.04. The molecule has 0 aromatic carbocycles. The van der Waals surface area contributed by atoms with Crippen molar-refractivity contribution < 1.29 is 4.39 Å². The maximum atomic E-state index is 11.0. The Morgan fingerprint density at radius 1 is 1.50 bits per heavy atom. The number of hydrogen-bond acceptors (Lipinski definition) is 0. The number of hydrogen-bond donors (Lipinski definition) is 0. The second kappa shape index (κ2) is 9.33. The molecule has 0 bridgehead atoms. The van der Waals surface area contributed by atoms with Gasteiger partial charge in [0.25, 0.3) is 0 Å². The van der Waals surface area contributed by atoms with Gasteiger partial charge in [0.2, 0.25) is 0 Å². The fraction of sp³-hybridized carbons (Fsp3) is 1.00. The van der Waals surface area contributed by atoms with Crippen LogP contribution < -0.4 is 0 Å². The summed E-state index contributed by atoms with van der Waals surface area (Å²) < 4.78 is 11.0. The fourth-order valence-corrected chi connectivity index (χ4v) is 0.134. The fourth-order valence-electron chi connectivity index (χ4n) is 0.134. The maximum absolute atomic E-state index is 11.0. The van der Waals surface area contributed by atoms with Gasteiger partial charge in [0.05, 0.1) is 6.67 Å². The Hall–Kier alpha value is 0.930. The average Bonchev–Trinajstić information content (AvgIpc) is 1.41. The van der Waals surface area contributed by atoms with Crippen LogP contribution in [0.15, 0.2) is 0 Å². The molecule has 0 aliphatic carbocycles. The van der Waals surface area contributed by atoms with E-state index < -0.39 is 0 Å². The van der Waals surface area contributed by atoms with Crippen LogP contribution in [0.3, 0.4) is 0 Å². The van der Waals surface area contributed by atoms with Crippen LogP contribution in [-0.2, 0) is 0 Å². The first-order chi connectivity index (χ1) is 2.41. The van der Waals surface area contributed by atoms with E-state index in [1.54, 1.807) is 0 Å². The van der Waals surface area contributed by atoms with E-state index in [1.165, 1.54) is 0 Å². The molecule has 0 N–H and O–H groups in total. The number of alkyl halides is 1. The van der Waals surface area contributed by atoms with E-state index in [4.69, 9.17) is 0 Å². The monoisotopic (exact) mass is 100 g/mol. The number of rotatable bonds is 2.